The lowest BCUT2D eigenvalue weighted by molar-refractivity contribution is -0.142. The second kappa shape index (κ2) is 10.9. The maximum atomic E-state index is 12.2. The van der Waals surface area contributed by atoms with Crippen molar-refractivity contribution in [3.8, 4) is 11.1 Å². The number of carbonyl (C=O) groups is 3. The number of nitrogens with one attached hydrogen (secondary N) is 2. The molecule has 3 N–H and O–H groups in total. The van der Waals surface area contributed by atoms with Crippen molar-refractivity contribution in [2.24, 2.45) is 7.05 Å². The Morgan fingerprint density at radius 3 is 2.31 bits per heavy atom. The minimum Gasteiger partial charge on any atom is -0.479 e. The molecule has 0 fully saturated rings. The van der Waals surface area contributed by atoms with Gasteiger partial charge in [-0.2, -0.15) is 5.10 Å². The third kappa shape index (κ3) is 5.68. The third-order valence-electron chi connectivity index (χ3n) is 6.05. The zero-order valence-corrected chi connectivity index (χ0v) is 19.4. The summed E-state index contributed by atoms with van der Waals surface area (Å²) in [5.41, 5.74) is 5.05. The van der Waals surface area contributed by atoms with E-state index in [4.69, 9.17) is 4.74 Å². The second-order valence-electron chi connectivity index (χ2n) is 8.50. The number of unbranched alkanes of at least 4 members (excludes halogenated alkanes) is 1. The number of aliphatic carboxylic acids is 1. The number of aryl methyl sites for hydroxylation is 1. The maximum Gasteiger partial charge on any atom is 0.407 e. The fourth-order valence-electron chi connectivity index (χ4n) is 4.36. The standard InChI is InChI=1S/C26H28N4O5/c1-30-15-17(14-28-30)24(25(32)33)29-23(31)12-6-7-13-27-26(34)35-16-22-20-10-4-2-8-18(20)19-9-3-5-11-21(19)22/h2-5,8-11,14-15,22,24H,6-7,12-13,16H2,1H3,(H,27,34)(H,29,31)(H,32,33). The molecule has 9 heteroatoms. The number of nitrogens with zero attached hydrogens (tertiary/aromatic N) is 2. The Hall–Kier alpha value is -4.14. The quantitative estimate of drug-likeness (QED) is 0.386. The average Bonchev–Trinajstić information content (AvgIpc) is 3.42. The molecule has 1 unspecified atom stereocenters. The SMILES string of the molecule is Cn1cc(C(NC(=O)CCCCNC(=O)OCC2c3ccccc3-c3ccccc32)C(=O)O)cn1. The first-order valence-electron chi connectivity index (χ1n) is 11.5. The van der Waals surface area contributed by atoms with Gasteiger partial charge in [0.2, 0.25) is 5.91 Å². The molecule has 35 heavy (non-hydrogen) atoms. The molecule has 1 aliphatic rings. The predicted octanol–water partition coefficient (Wildman–Crippen LogP) is 3.37. The van der Waals surface area contributed by atoms with Gasteiger partial charge in [0.05, 0.1) is 6.20 Å². The topological polar surface area (TPSA) is 123 Å². The summed E-state index contributed by atoms with van der Waals surface area (Å²) in [6, 6.07) is 15.1. The molecule has 1 aliphatic carbocycles. The molecular weight excluding hydrogens is 448 g/mol. The molecule has 1 atom stereocenters. The third-order valence-corrected chi connectivity index (χ3v) is 6.05. The summed E-state index contributed by atoms with van der Waals surface area (Å²) in [4.78, 5) is 35.9. The fraction of sp³-hybridized carbons (Fsp3) is 0.308. The fourth-order valence-corrected chi connectivity index (χ4v) is 4.36. The van der Waals surface area contributed by atoms with Crippen molar-refractivity contribution < 1.29 is 24.2 Å². The predicted molar refractivity (Wildman–Crippen MR) is 129 cm³/mol. The molecule has 0 spiro atoms. The van der Waals surface area contributed by atoms with Crippen molar-refractivity contribution in [3.05, 3.63) is 77.6 Å². The molecule has 0 radical (unpaired) electrons. The Kier molecular flexibility index (Phi) is 7.45. The van der Waals surface area contributed by atoms with E-state index in [0.29, 0.717) is 24.9 Å². The first kappa shape index (κ1) is 24.0. The smallest absolute Gasteiger partial charge is 0.407 e. The summed E-state index contributed by atoms with van der Waals surface area (Å²) in [6.07, 6.45) is 3.67. The number of ether oxygens (including phenoxy) is 1. The van der Waals surface area contributed by atoms with Crippen molar-refractivity contribution in [2.75, 3.05) is 13.2 Å². The molecule has 2 amide bonds. The van der Waals surface area contributed by atoms with Crippen molar-refractivity contribution in [2.45, 2.75) is 31.2 Å². The Balaban J connectivity index is 1.17. The van der Waals surface area contributed by atoms with Gasteiger partial charge in [-0.25, -0.2) is 9.59 Å². The highest BCUT2D eigenvalue weighted by atomic mass is 16.5. The average molecular weight is 477 g/mol. The van der Waals surface area contributed by atoms with Crippen molar-refractivity contribution in [3.63, 3.8) is 0 Å². The van der Waals surface area contributed by atoms with Crippen LogP contribution in [-0.4, -0.2) is 46.0 Å². The van der Waals surface area contributed by atoms with Gasteiger partial charge in [0.15, 0.2) is 6.04 Å². The van der Waals surface area contributed by atoms with Crippen LogP contribution in [0.1, 0.15) is 47.9 Å². The summed E-state index contributed by atoms with van der Waals surface area (Å²) in [5, 5.41) is 18.6. The second-order valence-corrected chi connectivity index (χ2v) is 8.50. The van der Waals surface area contributed by atoms with Crippen LogP contribution in [0.3, 0.4) is 0 Å². The zero-order valence-electron chi connectivity index (χ0n) is 19.4. The number of carboxylic acids is 1. The number of benzene rings is 2. The number of aromatic nitrogens is 2. The van der Waals surface area contributed by atoms with Gasteiger partial charge in [0.25, 0.3) is 0 Å². The van der Waals surface area contributed by atoms with E-state index in [-0.39, 0.29) is 24.9 Å². The molecule has 0 aliphatic heterocycles. The van der Waals surface area contributed by atoms with E-state index >= 15 is 0 Å². The highest BCUT2D eigenvalue weighted by Gasteiger charge is 2.29. The van der Waals surface area contributed by atoms with Gasteiger partial charge >= 0.3 is 12.1 Å². The Labute approximate surface area is 203 Å². The van der Waals surface area contributed by atoms with Crippen LogP contribution in [0.2, 0.25) is 0 Å². The number of hydrogen-bond acceptors (Lipinski definition) is 5. The Morgan fingerprint density at radius 2 is 1.71 bits per heavy atom. The minimum absolute atomic E-state index is 0.00107. The highest BCUT2D eigenvalue weighted by Crippen LogP contribution is 2.44. The number of amides is 2. The van der Waals surface area contributed by atoms with E-state index in [1.54, 1.807) is 13.2 Å². The zero-order chi connectivity index (χ0) is 24.8. The number of fused-ring (bicyclic) bond motifs is 3. The molecule has 3 aromatic rings. The van der Waals surface area contributed by atoms with Crippen LogP contribution in [0.15, 0.2) is 60.9 Å². The van der Waals surface area contributed by atoms with Crippen LogP contribution in [0.4, 0.5) is 4.79 Å². The Bertz CT molecular complexity index is 1180. The largest absolute Gasteiger partial charge is 0.479 e. The highest BCUT2D eigenvalue weighted by molar-refractivity contribution is 5.84. The van der Waals surface area contributed by atoms with E-state index in [2.05, 4.69) is 40.0 Å². The van der Waals surface area contributed by atoms with Crippen LogP contribution in [0.5, 0.6) is 0 Å². The van der Waals surface area contributed by atoms with Gasteiger partial charge in [-0.3, -0.25) is 9.48 Å². The van der Waals surface area contributed by atoms with Gasteiger partial charge in [0.1, 0.15) is 6.61 Å². The number of carbonyl (C=O) groups excluding carboxylic acids is 2. The Morgan fingerprint density at radius 1 is 1.06 bits per heavy atom. The summed E-state index contributed by atoms with van der Waals surface area (Å²) in [7, 11) is 1.67. The van der Waals surface area contributed by atoms with Crippen LogP contribution in [0, 0.1) is 0 Å². The number of hydrogen-bond donors (Lipinski definition) is 3. The molecule has 1 aromatic heterocycles. The van der Waals surface area contributed by atoms with Crippen LogP contribution in [0.25, 0.3) is 11.1 Å². The van der Waals surface area contributed by atoms with Crippen molar-refractivity contribution in [1.82, 2.24) is 20.4 Å². The van der Waals surface area contributed by atoms with Crippen molar-refractivity contribution >= 4 is 18.0 Å². The van der Waals surface area contributed by atoms with Crippen LogP contribution < -0.4 is 10.6 Å². The lowest BCUT2D eigenvalue weighted by Crippen LogP contribution is -2.33. The molecular formula is C26H28N4O5. The normalized spacial score (nSPS) is 12.9. The summed E-state index contributed by atoms with van der Waals surface area (Å²) in [6.45, 7) is 0.599. The molecule has 0 bridgehead atoms. The number of carboxylic acid groups (broad SMARTS) is 1. The molecule has 0 saturated heterocycles. The van der Waals surface area contributed by atoms with Gasteiger partial charge in [-0.15, -0.1) is 0 Å². The van der Waals surface area contributed by atoms with Crippen molar-refractivity contribution in [1.29, 1.82) is 0 Å². The van der Waals surface area contributed by atoms with Gasteiger partial charge < -0.3 is 20.5 Å². The molecule has 182 valence electrons. The summed E-state index contributed by atoms with van der Waals surface area (Å²) < 4.78 is 6.97. The molecule has 4 rings (SSSR count). The van der Waals surface area contributed by atoms with Crippen LogP contribution in [-0.2, 0) is 21.4 Å². The number of rotatable bonds is 10. The van der Waals surface area contributed by atoms with Gasteiger partial charge in [-0.1, -0.05) is 48.5 Å². The van der Waals surface area contributed by atoms with Gasteiger partial charge in [0, 0.05) is 37.7 Å². The van der Waals surface area contributed by atoms with E-state index < -0.39 is 18.1 Å². The first-order chi connectivity index (χ1) is 16.9. The monoisotopic (exact) mass is 476 g/mol. The molecule has 9 nitrogen and oxygen atoms in total. The van der Waals surface area contributed by atoms with E-state index in [1.807, 2.05) is 24.3 Å². The van der Waals surface area contributed by atoms with Crippen LogP contribution >= 0.6 is 0 Å². The molecule has 0 saturated carbocycles. The maximum absolute atomic E-state index is 12.2. The molecule has 1 heterocycles. The first-order valence-corrected chi connectivity index (χ1v) is 11.5. The van der Waals surface area contributed by atoms with E-state index in [1.165, 1.54) is 22.0 Å². The minimum atomic E-state index is -1.15. The molecule has 2 aromatic carbocycles. The van der Waals surface area contributed by atoms with E-state index in [9.17, 15) is 19.5 Å². The summed E-state index contributed by atoms with van der Waals surface area (Å²) in [5.74, 6) is -1.52. The van der Waals surface area contributed by atoms with Gasteiger partial charge in [-0.05, 0) is 35.1 Å². The lowest BCUT2D eigenvalue weighted by Gasteiger charge is -2.15. The lowest BCUT2D eigenvalue weighted by atomic mass is 9.98. The summed E-state index contributed by atoms with van der Waals surface area (Å²) >= 11 is 0. The number of alkyl carbamates (subject to hydrolysis) is 1. The van der Waals surface area contributed by atoms with E-state index in [0.717, 1.165) is 11.1 Å².